The number of piperidine rings is 2. The van der Waals surface area contributed by atoms with Crippen LogP contribution in [0.2, 0.25) is 0 Å². The van der Waals surface area contributed by atoms with Crippen LogP contribution in [0.25, 0.3) is 0 Å². The molecule has 53 heavy (non-hydrogen) atoms. The zero-order valence-corrected chi connectivity index (χ0v) is 34.0. The summed E-state index contributed by atoms with van der Waals surface area (Å²) in [6.45, 7) is 26.0. The summed E-state index contributed by atoms with van der Waals surface area (Å²) >= 11 is 0. The van der Waals surface area contributed by atoms with Gasteiger partial charge in [0.25, 0.3) is 0 Å². The van der Waals surface area contributed by atoms with E-state index in [0.717, 1.165) is 48.3 Å². The quantitative estimate of drug-likeness (QED) is 0.259. The van der Waals surface area contributed by atoms with Gasteiger partial charge >= 0.3 is 0 Å². The van der Waals surface area contributed by atoms with Crippen LogP contribution in [-0.4, -0.2) is 119 Å². The number of aliphatic hydroxyl groups excluding tert-OH is 2. The Morgan fingerprint density at radius 1 is 0.547 bits per heavy atom. The summed E-state index contributed by atoms with van der Waals surface area (Å²) in [5.74, 6) is 0.390. The van der Waals surface area contributed by atoms with Crippen LogP contribution in [0.4, 0.5) is 0 Å². The highest BCUT2D eigenvalue weighted by Crippen LogP contribution is 2.48. The number of benzene rings is 2. The van der Waals surface area contributed by atoms with Gasteiger partial charge in [0.2, 0.25) is 0 Å². The van der Waals surface area contributed by atoms with Crippen LogP contribution in [0, 0.1) is 0 Å². The molecule has 2 aromatic rings. The summed E-state index contributed by atoms with van der Waals surface area (Å²) in [4.78, 5) is 4.75. The van der Waals surface area contributed by atoms with Crippen LogP contribution >= 0.6 is 0 Å². The van der Waals surface area contributed by atoms with Crippen molar-refractivity contribution in [1.82, 2.24) is 9.80 Å². The molecule has 0 aliphatic carbocycles. The lowest BCUT2D eigenvalue weighted by atomic mass is 9.76. The lowest BCUT2D eigenvalue weighted by Crippen LogP contribution is -2.67. The van der Waals surface area contributed by atoms with E-state index in [-0.39, 0.29) is 40.8 Å². The van der Waals surface area contributed by atoms with Gasteiger partial charge in [-0.1, -0.05) is 38.1 Å². The van der Waals surface area contributed by atoms with Gasteiger partial charge in [-0.05, 0) is 90.8 Å². The number of hydrogen-bond acceptors (Lipinski definition) is 10. The zero-order chi connectivity index (χ0) is 38.5. The molecule has 2 atom stereocenters. The fourth-order valence-corrected chi connectivity index (χ4v) is 10.2. The molecule has 296 valence electrons. The number of β-amino-alcohol motifs (C(OH)–C–C–N with tert-alkyl or cyclic N) is 2. The van der Waals surface area contributed by atoms with Gasteiger partial charge in [-0.25, -0.2) is 0 Å². The Hall–Kier alpha value is -2.28. The van der Waals surface area contributed by atoms with Crippen molar-refractivity contribution in [2.45, 2.75) is 146 Å². The molecule has 4 fully saturated rings. The normalized spacial score (nSPS) is 25.7. The van der Waals surface area contributed by atoms with Crippen LogP contribution in [0.3, 0.4) is 0 Å². The van der Waals surface area contributed by atoms with Crippen molar-refractivity contribution in [3.05, 3.63) is 59.7 Å². The molecule has 2 N–H and O–H groups in total. The maximum atomic E-state index is 11.1. The van der Waals surface area contributed by atoms with Crippen molar-refractivity contribution < 1.29 is 38.6 Å². The predicted octanol–water partition coefficient (Wildman–Crippen LogP) is 6.28. The summed E-state index contributed by atoms with van der Waals surface area (Å²) in [5.41, 5.74) is 1.20. The molecule has 4 saturated heterocycles. The lowest BCUT2D eigenvalue weighted by molar-refractivity contribution is -0.242. The topological polar surface area (TPSA) is 102 Å². The minimum absolute atomic E-state index is 0.206. The van der Waals surface area contributed by atoms with Crippen molar-refractivity contribution in [2.75, 3.05) is 52.7 Å². The Morgan fingerprint density at radius 2 is 0.830 bits per heavy atom. The second-order valence-electron chi connectivity index (χ2n) is 19.0. The van der Waals surface area contributed by atoms with Crippen LogP contribution in [0.1, 0.15) is 106 Å². The summed E-state index contributed by atoms with van der Waals surface area (Å²) in [6.07, 6.45) is 1.75. The summed E-state index contributed by atoms with van der Waals surface area (Å²) in [5, 5.41) is 22.2. The van der Waals surface area contributed by atoms with Gasteiger partial charge in [0, 0.05) is 66.3 Å². The standard InChI is InChI=1S/C43H66N2O8/c1-37(2)27-42(50-19-20-51-42)28-38(3,4)44(37)23-33(46)25-48-35-15-11-31(12-16-35)41(9,10)32-13-17-36(18-14-32)49-26-34(47)24-45-39(5,6)29-43(30-40(45,7)8)52-21-22-53-43/h11-18,33-34,46-47H,19-30H2,1-10H3. The summed E-state index contributed by atoms with van der Waals surface area (Å²) < 4.78 is 36.5. The van der Waals surface area contributed by atoms with E-state index in [2.05, 4.69) is 103 Å². The van der Waals surface area contributed by atoms with E-state index in [1.165, 1.54) is 0 Å². The average molecular weight is 739 g/mol. The largest absolute Gasteiger partial charge is 0.491 e. The molecular weight excluding hydrogens is 672 g/mol. The molecule has 4 aliphatic heterocycles. The lowest BCUT2D eigenvalue weighted by Gasteiger charge is -2.58. The highest BCUT2D eigenvalue weighted by Gasteiger charge is 2.56. The number of likely N-dealkylation sites (tertiary alicyclic amines) is 2. The molecule has 4 heterocycles. The molecule has 0 bridgehead atoms. The highest BCUT2D eigenvalue weighted by atomic mass is 16.7. The average Bonchev–Trinajstić information content (AvgIpc) is 3.70. The van der Waals surface area contributed by atoms with Crippen molar-refractivity contribution in [1.29, 1.82) is 0 Å². The van der Waals surface area contributed by atoms with Crippen molar-refractivity contribution in [3.63, 3.8) is 0 Å². The van der Waals surface area contributed by atoms with E-state index >= 15 is 0 Å². The van der Waals surface area contributed by atoms with E-state index in [1.807, 2.05) is 24.3 Å². The van der Waals surface area contributed by atoms with Crippen molar-refractivity contribution in [2.24, 2.45) is 0 Å². The molecule has 4 aliphatic rings. The highest BCUT2D eigenvalue weighted by molar-refractivity contribution is 5.42. The van der Waals surface area contributed by atoms with E-state index in [4.69, 9.17) is 28.4 Å². The molecule has 0 aromatic heterocycles. The zero-order valence-electron chi connectivity index (χ0n) is 34.0. The first-order valence-corrected chi connectivity index (χ1v) is 19.6. The minimum Gasteiger partial charge on any atom is -0.491 e. The SMILES string of the molecule is CC(C)(c1ccc(OCC(O)CN2C(C)(C)CC3(CC2(C)C)OCCO3)cc1)c1ccc(OCC(O)CN2C(C)(C)CC3(CC2(C)C)OCCO3)cc1. The smallest absolute Gasteiger partial charge is 0.171 e. The molecule has 0 amide bonds. The monoisotopic (exact) mass is 738 g/mol. The first-order valence-electron chi connectivity index (χ1n) is 19.6. The molecule has 6 rings (SSSR count). The van der Waals surface area contributed by atoms with Crippen LogP contribution in [-0.2, 0) is 24.4 Å². The van der Waals surface area contributed by atoms with E-state index in [9.17, 15) is 10.2 Å². The molecule has 0 radical (unpaired) electrons. The van der Waals surface area contributed by atoms with Crippen LogP contribution in [0.5, 0.6) is 11.5 Å². The van der Waals surface area contributed by atoms with E-state index < -0.39 is 23.8 Å². The Labute approximate surface area is 318 Å². The third-order valence-corrected chi connectivity index (χ3v) is 12.2. The first-order chi connectivity index (χ1) is 24.7. The van der Waals surface area contributed by atoms with Gasteiger partial charge in [-0.3, -0.25) is 9.80 Å². The van der Waals surface area contributed by atoms with E-state index in [0.29, 0.717) is 39.5 Å². The van der Waals surface area contributed by atoms with Crippen LogP contribution in [0.15, 0.2) is 48.5 Å². The maximum absolute atomic E-state index is 11.1. The van der Waals surface area contributed by atoms with Gasteiger partial charge in [-0.15, -0.1) is 0 Å². The fraction of sp³-hybridized carbons (Fsp3) is 0.721. The van der Waals surface area contributed by atoms with Crippen LogP contribution < -0.4 is 9.47 Å². The second-order valence-corrected chi connectivity index (χ2v) is 19.0. The van der Waals surface area contributed by atoms with Crippen molar-refractivity contribution >= 4 is 0 Å². The van der Waals surface area contributed by atoms with Gasteiger partial charge < -0.3 is 38.6 Å². The number of ether oxygens (including phenoxy) is 6. The molecular formula is C43H66N2O8. The Balaban J connectivity index is 0.987. The van der Waals surface area contributed by atoms with Gasteiger partial charge in [-0.2, -0.15) is 0 Å². The third kappa shape index (κ3) is 8.76. The van der Waals surface area contributed by atoms with Gasteiger partial charge in [0.05, 0.1) is 26.4 Å². The van der Waals surface area contributed by atoms with Gasteiger partial charge in [0.15, 0.2) is 11.6 Å². The third-order valence-electron chi connectivity index (χ3n) is 12.2. The van der Waals surface area contributed by atoms with E-state index in [1.54, 1.807) is 0 Å². The Morgan fingerprint density at radius 3 is 1.11 bits per heavy atom. The van der Waals surface area contributed by atoms with Gasteiger partial charge in [0.1, 0.15) is 36.9 Å². The minimum atomic E-state index is -0.649. The maximum Gasteiger partial charge on any atom is 0.171 e. The second kappa shape index (κ2) is 14.7. The molecule has 2 unspecified atom stereocenters. The molecule has 2 spiro atoms. The fourth-order valence-electron chi connectivity index (χ4n) is 10.2. The predicted molar refractivity (Wildman–Crippen MR) is 205 cm³/mol. The Kier molecular flexibility index (Phi) is 11.2. The first kappa shape index (κ1) is 40.4. The number of nitrogens with zero attached hydrogens (tertiary/aromatic N) is 2. The van der Waals surface area contributed by atoms with Crippen molar-refractivity contribution in [3.8, 4) is 11.5 Å². The molecule has 10 heteroatoms. The molecule has 10 nitrogen and oxygen atoms in total. The number of rotatable bonds is 12. The molecule has 2 aromatic carbocycles. The number of aliphatic hydroxyl groups is 2. The molecule has 0 saturated carbocycles. The Bertz CT molecular complexity index is 1370. The summed E-state index contributed by atoms with van der Waals surface area (Å²) in [7, 11) is 0. The number of hydrogen-bond donors (Lipinski definition) is 2. The summed E-state index contributed by atoms with van der Waals surface area (Å²) in [6, 6.07) is 16.3.